The van der Waals surface area contributed by atoms with Crippen LogP contribution in [0.4, 0.5) is 0 Å². The molecular formula is C50H30N2OS. The average molecular weight is 707 g/mol. The van der Waals surface area contributed by atoms with Crippen molar-refractivity contribution in [2.45, 2.75) is 0 Å². The molecule has 0 aliphatic rings. The van der Waals surface area contributed by atoms with Crippen LogP contribution >= 0.6 is 11.3 Å². The Morgan fingerprint density at radius 2 is 1.06 bits per heavy atom. The van der Waals surface area contributed by atoms with Crippen molar-refractivity contribution in [3.8, 4) is 56.2 Å². The Morgan fingerprint density at radius 3 is 1.96 bits per heavy atom. The van der Waals surface area contributed by atoms with Crippen molar-refractivity contribution in [2.75, 3.05) is 0 Å². The van der Waals surface area contributed by atoms with Crippen molar-refractivity contribution in [1.29, 1.82) is 0 Å². The molecule has 0 saturated carbocycles. The number of para-hydroxylation sites is 2. The van der Waals surface area contributed by atoms with Crippen LogP contribution in [0, 0.1) is 0 Å². The van der Waals surface area contributed by atoms with Gasteiger partial charge in [-0.2, -0.15) is 0 Å². The molecular weight excluding hydrogens is 677 g/mol. The molecule has 4 heteroatoms. The summed E-state index contributed by atoms with van der Waals surface area (Å²) in [6.07, 6.45) is 0. The molecule has 252 valence electrons. The number of hydrogen-bond acceptors (Lipinski definition) is 4. The fourth-order valence-electron chi connectivity index (χ4n) is 7.79. The second kappa shape index (κ2) is 12.4. The molecule has 0 amide bonds. The van der Waals surface area contributed by atoms with Crippen molar-refractivity contribution in [3.05, 3.63) is 182 Å². The lowest BCUT2D eigenvalue weighted by atomic mass is 9.93. The summed E-state index contributed by atoms with van der Waals surface area (Å²) in [7, 11) is 0. The van der Waals surface area contributed by atoms with Crippen LogP contribution in [0.5, 0.6) is 0 Å². The van der Waals surface area contributed by atoms with Crippen LogP contribution < -0.4 is 0 Å². The number of rotatable bonds is 5. The SMILES string of the molecule is c1ccc(-c2nc(-c3cc(-c4ccc5ccccc5c4)cc(-c4cccc5c4oc4ccccc45)c3)cc(-c3ccc4sc5ccccc5c4c3)n2)cc1. The van der Waals surface area contributed by atoms with Crippen LogP contribution in [-0.4, -0.2) is 9.97 Å². The topological polar surface area (TPSA) is 38.9 Å². The summed E-state index contributed by atoms with van der Waals surface area (Å²) in [6, 6.07) is 64.5. The molecule has 11 aromatic rings. The Morgan fingerprint density at radius 1 is 0.370 bits per heavy atom. The Balaban J connectivity index is 1.16. The highest BCUT2D eigenvalue weighted by Gasteiger charge is 2.17. The number of nitrogens with zero attached hydrogens (tertiary/aromatic N) is 2. The zero-order chi connectivity index (χ0) is 35.6. The minimum Gasteiger partial charge on any atom is -0.455 e. The Kier molecular flexibility index (Phi) is 7.04. The highest BCUT2D eigenvalue weighted by molar-refractivity contribution is 7.25. The van der Waals surface area contributed by atoms with Gasteiger partial charge in [0.1, 0.15) is 11.2 Å². The van der Waals surface area contributed by atoms with Gasteiger partial charge in [-0.25, -0.2) is 9.97 Å². The predicted octanol–water partition coefficient (Wildman–Crippen LogP) is 14.2. The van der Waals surface area contributed by atoms with E-state index in [0.717, 1.165) is 72.3 Å². The molecule has 8 aromatic carbocycles. The van der Waals surface area contributed by atoms with E-state index in [-0.39, 0.29) is 0 Å². The summed E-state index contributed by atoms with van der Waals surface area (Å²) in [5, 5.41) is 7.15. The van der Waals surface area contributed by atoms with Crippen LogP contribution in [0.15, 0.2) is 186 Å². The highest BCUT2D eigenvalue weighted by atomic mass is 32.1. The summed E-state index contributed by atoms with van der Waals surface area (Å²) in [5.41, 5.74) is 10.9. The van der Waals surface area contributed by atoms with Crippen molar-refractivity contribution < 1.29 is 4.42 Å². The van der Waals surface area contributed by atoms with Gasteiger partial charge in [-0.15, -0.1) is 11.3 Å². The number of fused-ring (bicyclic) bond motifs is 7. The first kappa shape index (κ1) is 30.7. The third-order valence-electron chi connectivity index (χ3n) is 10.5. The average Bonchev–Trinajstić information content (AvgIpc) is 3.82. The van der Waals surface area contributed by atoms with E-state index in [1.54, 1.807) is 0 Å². The summed E-state index contributed by atoms with van der Waals surface area (Å²) in [6.45, 7) is 0. The van der Waals surface area contributed by atoms with E-state index >= 15 is 0 Å². The van der Waals surface area contributed by atoms with E-state index in [1.165, 1.54) is 30.9 Å². The summed E-state index contributed by atoms with van der Waals surface area (Å²) in [4.78, 5) is 10.5. The monoisotopic (exact) mass is 706 g/mol. The molecule has 0 N–H and O–H groups in total. The minimum atomic E-state index is 0.690. The molecule has 0 aliphatic heterocycles. The van der Waals surface area contributed by atoms with Crippen molar-refractivity contribution in [1.82, 2.24) is 9.97 Å². The second-order valence-corrected chi connectivity index (χ2v) is 14.9. The van der Waals surface area contributed by atoms with Gasteiger partial charge in [0, 0.05) is 53.2 Å². The highest BCUT2D eigenvalue weighted by Crippen LogP contribution is 2.41. The fourth-order valence-corrected chi connectivity index (χ4v) is 8.87. The molecule has 0 aliphatic carbocycles. The minimum absolute atomic E-state index is 0.690. The van der Waals surface area contributed by atoms with Crippen LogP contribution in [0.3, 0.4) is 0 Å². The number of hydrogen-bond donors (Lipinski definition) is 0. The summed E-state index contributed by atoms with van der Waals surface area (Å²) in [5.74, 6) is 0.690. The molecule has 0 saturated heterocycles. The molecule has 3 nitrogen and oxygen atoms in total. The predicted molar refractivity (Wildman–Crippen MR) is 227 cm³/mol. The maximum absolute atomic E-state index is 6.57. The molecule has 0 bridgehead atoms. The fraction of sp³-hybridized carbons (Fsp3) is 0. The lowest BCUT2D eigenvalue weighted by Gasteiger charge is -2.14. The lowest BCUT2D eigenvalue weighted by molar-refractivity contribution is 0.670. The van der Waals surface area contributed by atoms with Gasteiger partial charge in [0.2, 0.25) is 0 Å². The quantitative estimate of drug-likeness (QED) is 0.179. The van der Waals surface area contributed by atoms with E-state index in [0.29, 0.717) is 5.82 Å². The van der Waals surface area contributed by atoms with Crippen LogP contribution in [0.2, 0.25) is 0 Å². The number of benzene rings is 8. The maximum atomic E-state index is 6.57. The Labute approximate surface area is 315 Å². The third kappa shape index (κ3) is 5.19. The van der Waals surface area contributed by atoms with Gasteiger partial charge in [-0.1, -0.05) is 127 Å². The number of thiophene rings is 1. The van der Waals surface area contributed by atoms with Crippen LogP contribution in [0.25, 0.3) is 109 Å². The van der Waals surface area contributed by atoms with E-state index in [9.17, 15) is 0 Å². The van der Waals surface area contributed by atoms with Gasteiger partial charge in [-0.05, 0) is 82.1 Å². The molecule has 3 aromatic heterocycles. The van der Waals surface area contributed by atoms with Crippen molar-refractivity contribution >= 4 is 64.2 Å². The number of aromatic nitrogens is 2. The number of furan rings is 1. The first-order valence-electron chi connectivity index (χ1n) is 18.1. The van der Waals surface area contributed by atoms with E-state index in [4.69, 9.17) is 14.4 Å². The Bertz CT molecular complexity index is 3230. The summed E-state index contributed by atoms with van der Waals surface area (Å²) >= 11 is 1.83. The van der Waals surface area contributed by atoms with Gasteiger partial charge in [0.25, 0.3) is 0 Å². The molecule has 0 fully saturated rings. The molecule has 0 unspecified atom stereocenters. The first-order chi connectivity index (χ1) is 26.7. The molecule has 0 spiro atoms. The van der Waals surface area contributed by atoms with Crippen molar-refractivity contribution in [3.63, 3.8) is 0 Å². The zero-order valence-electron chi connectivity index (χ0n) is 29.0. The Hall–Kier alpha value is -6.88. The molecule has 0 radical (unpaired) electrons. The molecule has 11 rings (SSSR count). The second-order valence-electron chi connectivity index (χ2n) is 13.8. The van der Waals surface area contributed by atoms with Gasteiger partial charge >= 0.3 is 0 Å². The van der Waals surface area contributed by atoms with E-state index in [2.05, 4.69) is 152 Å². The maximum Gasteiger partial charge on any atom is 0.160 e. The lowest BCUT2D eigenvalue weighted by Crippen LogP contribution is -1.96. The molecule has 3 heterocycles. The zero-order valence-corrected chi connectivity index (χ0v) is 29.8. The largest absolute Gasteiger partial charge is 0.455 e. The molecule has 0 atom stereocenters. The van der Waals surface area contributed by atoms with Crippen LogP contribution in [-0.2, 0) is 0 Å². The van der Waals surface area contributed by atoms with Crippen molar-refractivity contribution in [2.24, 2.45) is 0 Å². The molecule has 54 heavy (non-hydrogen) atoms. The first-order valence-corrected chi connectivity index (χ1v) is 18.9. The smallest absolute Gasteiger partial charge is 0.160 e. The van der Waals surface area contributed by atoms with E-state index < -0.39 is 0 Å². The van der Waals surface area contributed by atoms with Gasteiger partial charge in [0.05, 0.1) is 11.4 Å². The standard InChI is InChI=1S/C50H30N2OS/c1-2-12-32(13-3-1)50-51-44(35-23-24-48-43(29-35)41-16-7-9-20-47(41)54-48)30-45(52-50)38-27-36(34-22-21-31-11-4-5-14-33(31)25-34)26-37(28-38)39-17-10-18-42-40-15-6-8-19-46(40)53-49(39)42/h1-30H. The van der Waals surface area contributed by atoms with Crippen LogP contribution in [0.1, 0.15) is 0 Å². The van der Waals surface area contributed by atoms with Gasteiger partial charge in [0.15, 0.2) is 5.82 Å². The summed E-state index contributed by atoms with van der Waals surface area (Å²) < 4.78 is 9.13. The van der Waals surface area contributed by atoms with Gasteiger partial charge in [-0.3, -0.25) is 0 Å². The van der Waals surface area contributed by atoms with Gasteiger partial charge < -0.3 is 4.42 Å². The van der Waals surface area contributed by atoms with E-state index in [1.807, 2.05) is 41.7 Å². The normalized spacial score (nSPS) is 11.7. The third-order valence-corrected chi connectivity index (χ3v) is 11.6.